The van der Waals surface area contributed by atoms with Gasteiger partial charge in [0, 0.05) is 10.9 Å². The van der Waals surface area contributed by atoms with E-state index in [4.69, 9.17) is 5.26 Å². The number of rotatable bonds is 2. The predicted molar refractivity (Wildman–Crippen MR) is 68.8 cm³/mol. The Hall–Kier alpha value is -1.73. The first kappa shape index (κ1) is 11.4. The number of hydrogen-bond donors (Lipinski definition) is 0. The molecule has 1 aliphatic rings. The van der Waals surface area contributed by atoms with Crippen LogP contribution >= 0.6 is 11.3 Å². The molecule has 2 aromatic rings. The lowest BCUT2D eigenvalue weighted by Crippen LogP contribution is -2.01. The van der Waals surface area contributed by atoms with Crippen LogP contribution in [0.4, 0.5) is 4.39 Å². The van der Waals surface area contributed by atoms with Crippen LogP contribution in [0.15, 0.2) is 23.6 Å². The summed E-state index contributed by atoms with van der Waals surface area (Å²) in [5.41, 5.74) is 2.02. The van der Waals surface area contributed by atoms with E-state index in [0.29, 0.717) is 5.56 Å². The molecule has 0 spiro atoms. The first-order valence-electron chi connectivity index (χ1n) is 5.78. The van der Waals surface area contributed by atoms with Gasteiger partial charge in [0.2, 0.25) is 0 Å². The van der Waals surface area contributed by atoms with E-state index in [0.717, 1.165) is 29.1 Å². The van der Waals surface area contributed by atoms with Crippen LogP contribution in [-0.4, -0.2) is 4.98 Å². The summed E-state index contributed by atoms with van der Waals surface area (Å²) in [6, 6.07) is 7.32. The molecule has 3 rings (SSSR count). The molecule has 1 heterocycles. The Morgan fingerprint density at radius 1 is 1.44 bits per heavy atom. The molecule has 0 N–H and O–H groups in total. The van der Waals surface area contributed by atoms with Crippen molar-refractivity contribution in [1.29, 1.82) is 5.26 Å². The molecule has 0 unspecified atom stereocenters. The number of aryl methyl sites for hydroxylation is 1. The van der Waals surface area contributed by atoms with Gasteiger partial charge < -0.3 is 0 Å². The average molecular weight is 258 g/mol. The van der Waals surface area contributed by atoms with Crippen molar-refractivity contribution in [2.75, 3.05) is 0 Å². The first-order valence-corrected chi connectivity index (χ1v) is 6.66. The molecule has 1 aromatic carbocycles. The van der Waals surface area contributed by atoms with Gasteiger partial charge in [0.15, 0.2) is 0 Å². The van der Waals surface area contributed by atoms with Crippen LogP contribution in [0, 0.1) is 24.1 Å². The van der Waals surface area contributed by atoms with E-state index in [9.17, 15) is 4.39 Å². The molecule has 1 saturated carbocycles. The van der Waals surface area contributed by atoms with Gasteiger partial charge in [0.25, 0.3) is 0 Å². The third kappa shape index (κ3) is 1.72. The molecule has 0 bridgehead atoms. The highest BCUT2D eigenvalue weighted by Crippen LogP contribution is 2.49. The van der Waals surface area contributed by atoms with E-state index in [1.54, 1.807) is 19.1 Å². The Bertz CT molecular complexity index is 650. The summed E-state index contributed by atoms with van der Waals surface area (Å²) in [6.45, 7) is 1.74. The van der Waals surface area contributed by atoms with Gasteiger partial charge in [-0.25, -0.2) is 9.37 Å². The molecule has 1 aromatic heterocycles. The summed E-state index contributed by atoms with van der Waals surface area (Å²) >= 11 is 1.52. The van der Waals surface area contributed by atoms with Crippen LogP contribution in [-0.2, 0) is 5.41 Å². The van der Waals surface area contributed by atoms with Crippen LogP contribution in [0.25, 0.3) is 11.3 Å². The molecule has 90 valence electrons. The molecule has 1 fully saturated rings. The Labute approximate surface area is 109 Å². The van der Waals surface area contributed by atoms with Gasteiger partial charge in [-0.2, -0.15) is 5.26 Å². The molecule has 1 aliphatic carbocycles. The van der Waals surface area contributed by atoms with Gasteiger partial charge in [0.1, 0.15) is 16.2 Å². The predicted octanol–water partition coefficient (Wildman–Crippen LogP) is 3.81. The molecule has 0 atom stereocenters. The SMILES string of the molecule is Cc1cc(-c2csc(C3(C#N)CC3)n2)ccc1F. The number of aromatic nitrogens is 1. The standard InChI is InChI=1S/C14H11FN2S/c1-9-6-10(2-3-11(9)15)12-7-18-13(17-12)14(8-16)4-5-14/h2-3,6-7H,4-5H2,1H3. The second kappa shape index (κ2) is 3.89. The maximum absolute atomic E-state index is 13.2. The monoisotopic (exact) mass is 258 g/mol. The lowest BCUT2D eigenvalue weighted by Gasteiger charge is -2.01. The van der Waals surface area contributed by atoms with Crippen LogP contribution in [0.1, 0.15) is 23.4 Å². The smallest absolute Gasteiger partial charge is 0.126 e. The maximum Gasteiger partial charge on any atom is 0.126 e. The van der Waals surface area contributed by atoms with Crippen molar-refractivity contribution in [3.05, 3.63) is 40.0 Å². The molecule has 0 radical (unpaired) electrons. The fourth-order valence-electron chi connectivity index (χ4n) is 1.93. The molecule has 0 amide bonds. The van der Waals surface area contributed by atoms with Gasteiger partial charge in [-0.1, -0.05) is 0 Å². The van der Waals surface area contributed by atoms with Crippen LogP contribution < -0.4 is 0 Å². The summed E-state index contributed by atoms with van der Waals surface area (Å²) in [5.74, 6) is -0.204. The Balaban J connectivity index is 1.98. The molecule has 0 saturated heterocycles. The largest absolute Gasteiger partial charge is 0.240 e. The number of halogens is 1. The number of nitriles is 1. The van der Waals surface area contributed by atoms with E-state index in [2.05, 4.69) is 11.1 Å². The zero-order chi connectivity index (χ0) is 12.8. The van der Waals surface area contributed by atoms with Crippen molar-refractivity contribution in [2.45, 2.75) is 25.2 Å². The average Bonchev–Trinajstić information content (AvgIpc) is 3.02. The molecule has 0 aliphatic heterocycles. The Kier molecular flexibility index (Phi) is 2.46. The summed E-state index contributed by atoms with van der Waals surface area (Å²) in [6.07, 6.45) is 1.80. The third-order valence-electron chi connectivity index (χ3n) is 3.33. The molecule has 4 heteroatoms. The number of nitrogens with zero attached hydrogens (tertiary/aromatic N) is 2. The summed E-state index contributed by atoms with van der Waals surface area (Å²) in [5, 5.41) is 12.0. The zero-order valence-corrected chi connectivity index (χ0v) is 10.7. The van der Waals surface area contributed by atoms with Crippen molar-refractivity contribution in [3.63, 3.8) is 0 Å². The quantitative estimate of drug-likeness (QED) is 0.821. The minimum absolute atomic E-state index is 0.204. The topological polar surface area (TPSA) is 36.7 Å². The summed E-state index contributed by atoms with van der Waals surface area (Å²) in [4.78, 5) is 4.53. The highest BCUT2D eigenvalue weighted by molar-refractivity contribution is 7.10. The molecular formula is C14H11FN2S. The van der Waals surface area contributed by atoms with Gasteiger partial charge in [-0.15, -0.1) is 11.3 Å². The molecule has 18 heavy (non-hydrogen) atoms. The van der Waals surface area contributed by atoms with Crippen LogP contribution in [0.3, 0.4) is 0 Å². The van der Waals surface area contributed by atoms with Crippen molar-refractivity contribution in [1.82, 2.24) is 4.98 Å². The lowest BCUT2D eigenvalue weighted by molar-refractivity contribution is 0.619. The number of benzene rings is 1. The number of thiazole rings is 1. The van der Waals surface area contributed by atoms with E-state index in [1.165, 1.54) is 17.4 Å². The highest BCUT2D eigenvalue weighted by atomic mass is 32.1. The van der Waals surface area contributed by atoms with Crippen molar-refractivity contribution >= 4 is 11.3 Å². The number of hydrogen-bond acceptors (Lipinski definition) is 3. The summed E-state index contributed by atoms with van der Waals surface area (Å²) in [7, 11) is 0. The highest BCUT2D eigenvalue weighted by Gasteiger charge is 2.47. The van der Waals surface area contributed by atoms with Crippen molar-refractivity contribution in [2.24, 2.45) is 0 Å². The molecule has 2 nitrogen and oxygen atoms in total. The van der Waals surface area contributed by atoms with Gasteiger partial charge in [-0.3, -0.25) is 0 Å². The minimum Gasteiger partial charge on any atom is -0.240 e. The summed E-state index contributed by atoms with van der Waals surface area (Å²) < 4.78 is 13.2. The fourth-order valence-corrected chi connectivity index (χ4v) is 2.97. The van der Waals surface area contributed by atoms with Gasteiger partial charge in [-0.05, 0) is 43.5 Å². The Morgan fingerprint density at radius 3 is 2.83 bits per heavy atom. The van der Waals surface area contributed by atoms with E-state index in [-0.39, 0.29) is 11.2 Å². The molecular weight excluding hydrogens is 247 g/mol. The van der Waals surface area contributed by atoms with Gasteiger partial charge >= 0.3 is 0 Å². The van der Waals surface area contributed by atoms with Crippen LogP contribution in [0.2, 0.25) is 0 Å². The fraction of sp³-hybridized carbons (Fsp3) is 0.286. The second-order valence-electron chi connectivity index (χ2n) is 4.70. The van der Waals surface area contributed by atoms with Gasteiger partial charge in [0.05, 0.1) is 11.8 Å². The minimum atomic E-state index is -0.335. The third-order valence-corrected chi connectivity index (χ3v) is 4.38. The maximum atomic E-state index is 13.2. The van der Waals surface area contributed by atoms with E-state index >= 15 is 0 Å². The van der Waals surface area contributed by atoms with Crippen LogP contribution in [0.5, 0.6) is 0 Å². The van der Waals surface area contributed by atoms with Crippen molar-refractivity contribution in [3.8, 4) is 17.3 Å². The Morgan fingerprint density at radius 2 is 2.22 bits per heavy atom. The first-order chi connectivity index (χ1) is 8.64. The second-order valence-corrected chi connectivity index (χ2v) is 5.55. The zero-order valence-electron chi connectivity index (χ0n) is 9.90. The van der Waals surface area contributed by atoms with Crippen molar-refractivity contribution < 1.29 is 4.39 Å². The lowest BCUT2D eigenvalue weighted by atomic mass is 10.1. The van der Waals surface area contributed by atoms with E-state index in [1.807, 2.05) is 5.38 Å². The van der Waals surface area contributed by atoms with E-state index < -0.39 is 0 Å². The normalized spacial score (nSPS) is 16.3.